The molecule has 0 radical (unpaired) electrons. The first-order chi connectivity index (χ1) is 17.9. The van der Waals surface area contributed by atoms with Crippen molar-refractivity contribution in [3.63, 3.8) is 0 Å². The Balaban J connectivity index is 1.73. The number of methoxy groups -OCH3 is 3. The summed E-state index contributed by atoms with van der Waals surface area (Å²) in [6.07, 6.45) is 0.630. The van der Waals surface area contributed by atoms with Gasteiger partial charge in [0, 0.05) is 30.8 Å². The molecule has 3 rings (SSSR count). The second kappa shape index (κ2) is 14.2. The van der Waals surface area contributed by atoms with Gasteiger partial charge in [-0.15, -0.1) is 11.3 Å². The molecule has 0 atom stereocenters. The van der Waals surface area contributed by atoms with Gasteiger partial charge in [-0.3, -0.25) is 4.79 Å². The summed E-state index contributed by atoms with van der Waals surface area (Å²) < 4.78 is 16.0. The van der Waals surface area contributed by atoms with Gasteiger partial charge in [0.15, 0.2) is 11.5 Å². The Kier molecular flexibility index (Phi) is 10.8. The summed E-state index contributed by atoms with van der Waals surface area (Å²) in [6, 6.07) is 16.9. The molecule has 0 saturated carbocycles. The fourth-order valence-electron chi connectivity index (χ4n) is 3.83. The summed E-state index contributed by atoms with van der Waals surface area (Å²) in [5, 5.41) is 4.89. The van der Waals surface area contributed by atoms with Crippen LogP contribution in [0.15, 0.2) is 60.0 Å². The smallest absolute Gasteiger partial charge is 0.322 e. The predicted molar refractivity (Wildman–Crippen MR) is 147 cm³/mol. The first-order valence-electron chi connectivity index (χ1n) is 12.1. The Morgan fingerprint density at radius 1 is 0.919 bits per heavy atom. The number of nitrogens with zero attached hydrogens (tertiary/aromatic N) is 2. The average Bonchev–Trinajstić information content (AvgIpc) is 3.41. The molecule has 37 heavy (non-hydrogen) atoms. The van der Waals surface area contributed by atoms with Crippen LogP contribution in [0.2, 0.25) is 0 Å². The fraction of sp³-hybridized carbons (Fsp3) is 0.357. The zero-order valence-electron chi connectivity index (χ0n) is 21.9. The number of carbonyl (C=O) groups is 2. The van der Waals surface area contributed by atoms with E-state index < -0.39 is 0 Å². The summed E-state index contributed by atoms with van der Waals surface area (Å²) in [6.45, 7) is 3.49. The van der Waals surface area contributed by atoms with Crippen LogP contribution in [0.25, 0.3) is 0 Å². The Labute approximate surface area is 222 Å². The lowest BCUT2D eigenvalue weighted by atomic mass is 10.1. The molecule has 3 amide bonds. The molecule has 0 fully saturated rings. The highest BCUT2D eigenvalue weighted by atomic mass is 32.1. The van der Waals surface area contributed by atoms with Crippen LogP contribution in [-0.2, 0) is 22.5 Å². The second-order valence-electron chi connectivity index (χ2n) is 8.55. The van der Waals surface area contributed by atoms with Crippen LogP contribution in [0.1, 0.15) is 16.0 Å². The Morgan fingerprint density at radius 3 is 2.41 bits per heavy atom. The van der Waals surface area contributed by atoms with Gasteiger partial charge in [0.25, 0.3) is 0 Å². The molecule has 0 aliphatic heterocycles. The van der Waals surface area contributed by atoms with Crippen LogP contribution >= 0.6 is 11.3 Å². The molecule has 0 saturated heterocycles. The van der Waals surface area contributed by atoms with E-state index in [2.05, 4.69) is 5.32 Å². The molecular formula is C28H35N3O5S. The van der Waals surface area contributed by atoms with Gasteiger partial charge in [-0.05, 0) is 60.2 Å². The van der Waals surface area contributed by atoms with Crippen molar-refractivity contribution in [2.24, 2.45) is 0 Å². The number of anilines is 1. The highest BCUT2D eigenvalue weighted by Gasteiger charge is 2.22. The minimum atomic E-state index is -0.341. The summed E-state index contributed by atoms with van der Waals surface area (Å²) >= 11 is 1.60. The number of carbonyl (C=O) groups excluding carboxylic acids is 2. The van der Waals surface area contributed by atoms with Gasteiger partial charge < -0.3 is 29.3 Å². The van der Waals surface area contributed by atoms with Gasteiger partial charge in [-0.1, -0.05) is 24.3 Å². The minimum absolute atomic E-state index is 0.0572. The molecule has 9 heteroatoms. The van der Waals surface area contributed by atoms with Gasteiger partial charge in [-0.25, -0.2) is 4.79 Å². The largest absolute Gasteiger partial charge is 0.493 e. The van der Waals surface area contributed by atoms with Gasteiger partial charge in [-0.2, -0.15) is 0 Å². The number of nitrogens with one attached hydrogen (secondary N) is 1. The van der Waals surface area contributed by atoms with Gasteiger partial charge >= 0.3 is 6.03 Å². The molecule has 0 aliphatic rings. The number of aryl methyl sites for hydroxylation is 1. The zero-order chi connectivity index (χ0) is 26.6. The Morgan fingerprint density at radius 2 is 1.73 bits per heavy atom. The molecule has 3 aromatic rings. The molecule has 1 heterocycles. The zero-order valence-corrected chi connectivity index (χ0v) is 22.7. The molecule has 1 N–H and O–H groups in total. The van der Waals surface area contributed by atoms with Crippen molar-refractivity contribution in [1.29, 1.82) is 0 Å². The maximum atomic E-state index is 13.5. The quantitative estimate of drug-likeness (QED) is 0.346. The number of ether oxygens (including phenoxy) is 3. The molecule has 0 spiro atoms. The highest BCUT2D eigenvalue weighted by molar-refractivity contribution is 7.09. The van der Waals surface area contributed by atoms with E-state index >= 15 is 0 Å². The number of thiophene rings is 1. The number of rotatable bonds is 13. The van der Waals surface area contributed by atoms with Gasteiger partial charge in [0.05, 0.1) is 27.4 Å². The number of benzene rings is 2. The molecule has 0 unspecified atom stereocenters. The fourth-order valence-corrected chi connectivity index (χ4v) is 4.54. The molecule has 2 aromatic carbocycles. The lowest BCUT2D eigenvalue weighted by molar-refractivity contribution is -0.132. The number of amides is 3. The topological polar surface area (TPSA) is 80.3 Å². The Bertz CT molecular complexity index is 1150. The van der Waals surface area contributed by atoms with E-state index in [1.54, 1.807) is 37.6 Å². The molecule has 1 aromatic heterocycles. The number of hydrogen-bond acceptors (Lipinski definition) is 6. The first-order valence-corrected chi connectivity index (χ1v) is 12.9. The highest BCUT2D eigenvalue weighted by Crippen LogP contribution is 2.28. The van der Waals surface area contributed by atoms with Crippen molar-refractivity contribution < 1.29 is 23.8 Å². The van der Waals surface area contributed by atoms with Crippen LogP contribution in [0.4, 0.5) is 10.5 Å². The van der Waals surface area contributed by atoms with E-state index in [0.29, 0.717) is 49.8 Å². The third-order valence-electron chi connectivity index (χ3n) is 5.85. The van der Waals surface area contributed by atoms with Gasteiger partial charge in [0.2, 0.25) is 5.91 Å². The number of hydrogen-bond donors (Lipinski definition) is 1. The monoisotopic (exact) mass is 525 g/mol. The van der Waals surface area contributed by atoms with Gasteiger partial charge in [0.1, 0.15) is 6.54 Å². The minimum Gasteiger partial charge on any atom is -0.493 e. The van der Waals surface area contributed by atoms with E-state index in [-0.39, 0.29) is 18.5 Å². The van der Waals surface area contributed by atoms with E-state index in [1.807, 2.05) is 66.9 Å². The van der Waals surface area contributed by atoms with E-state index in [9.17, 15) is 9.59 Å². The average molecular weight is 526 g/mol. The van der Waals surface area contributed by atoms with Crippen LogP contribution in [0.5, 0.6) is 11.5 Å². The van der Waals surface area contributed by atoms with Crippen LogP contribution in [-0.4, -0.2) is 69.3 Å². The van der Waals surface area contributed by atoms with Crippen LogP contribution in [0, 0.1) is 6.92 Å². The lowest BCUT2D eigenvalue weighted by Gasteiger charge is -2.28. The van der Waals surface area contributed by atoms with Crippen molar-refractivity contribution in [3.05, 3.63) is 76.0 Å². The van der Waals surface area contributed by atoms with Crippen molar-refractivity contribution in [3.8, 4) is 11.5 Å². The second-order valence-corrected chi connectivity index (χ2v) is 9.58. The van der Waals surface area contributed by atoms with Crippen molar-refractivity contribution in [2.45, 2.75) is 19.9 Å². The van der Waals surface area contributed by atoms with Crippen LogP contribution < -0.4 is 14.8 Å². The lowest BCUT2D eigenvalue weighted by Crippen LogP contribution is -2.46. The standard InChI is InChI=1S/C28H35N3O5S/c1-21-7-5-8-23(17-21)29-28(33)31(14-15-34-2)20-27(32)30(19-24-9-6-16-37-24)13-12-22-10-11-25(35-3)26(18-22)36-4/h5-11,16-18H,12-15,19-20H2,1-4H3,(H,29,33). The maximum Gasteiger partial charge on any atom is 0.322 e. The maximum absolute atomic E-state index is 13.5. The summed E-state index contributed by atoms with van der Waals surface area (Å²) in [7, 11) is 4.78. The van der Waals surface area contributed by atoms with Crippen molar-refractivity contribution in [2.75, 3.05) is 52.9 Å². The first kappa shape index (κ1) is 28.0. The summed E-state index contributed by atoms with van der Waals surface area (Å²) in [4.78, 5) is 31.0. The van der Waals surface area contributed by atoms with Crippen molar-refractivity contribution in [1.82, 2.24) is 9.80 Å². The normalized spacial score (nSPS) is 10.6. The summed E-state index contributed by atoms with van der Waals surface area (Å²) in [5.41, 5.74) is 2.74. The summed E-state index contributed by atoms with van der Waals surface area (Å²) in [5.74, 6) is 1.17. The van der Waals surface area contributed by atoms with E-state index in [4.69, 9.17) is 14.2 Å². The SMILES string of the molecule is COCCN(CC(=O)N(CCc1ccc(OC)c(OC)c1)Cc1cccs1)C(=O)Nc1cccc(C)c1. The molecule has 0 aliphatic carbocycles. The predicted octanol–water partition coefficient (Wildman–Crippen LogP) is 4.83. The third-order valence-corrected chi connectivity index (χ3v) is 6.71. The number of urea groups is 1. The van der Waals surface area contributed by atoms with Crippen LogP contribution in [0.3, 0.4) is 0 Å². The molecule has 0 bridgehead atoms. The molecule has 198 valence electrons. The molecule has 8 nitrogen and oxygen atoms in total. The van der Waals surface area contributed by atoms with E-state index in [1.165, 1.54) is 4.90 Å². The van der Waals surface area contributed by atoms with Crippen molar-refractivity contribution >= 4 is 29.0 Å². The third kappa shape index (κ3) is 8.51. The van der Waals surface area contributed by atoms with E-state index in [0.717, 1.165) is 16.0 Å². The Hall–Kier alpha value is -3.56. The molecular weight excluding hydrogens is 490 g/mol.